The van der Waals surface area contributed by atoms with Crippen LogP contribution in [-0.4, -0.2) is 15.0 Å². The molecule has 0 spiro atoms. The summed E-state index contributed by atoms with van der Waals surface area (Å²) in [4.78, 5) is 14.6. The van der Waals surface area contributed by atoms with Crippen LogP contribution in [0.5, 0.6) is 0 Å². The lowest BCUT2D eigenvalue weighted by Crippen LogP contribution is -2.15. The van der Waals surface area contributed by atoms with Gasteiger partial charge in [0.15, 0.2) is 17.5 Å². The van der Waals surface area contributed by atoms with E-state index in [0.29, 0.717) is 17.5 Å². The van der Waals surface area contributed by atoms with Gasteiger partial charge in [-0.15, -0.1) is 0 Å². The predicted octanol–water partition coefficient (Wildman–Crippen LogP) is 10.7. The first-order chi connectivity index (χ1) is 22.5. The normalized spacial score (nSPS) is 13.2. The average Bonchev–Trinajstić information content (AvgIpc) is 3.60. The second-order valence-corrected chi connectivity index (χ2v) is 12.5. The monoisotopic (exact) mass is 591 g/mol. The van der Waals surface area contributed by atoms with Gasteiger partial charge in [-0.25, -0.2) is 15.0 Å². The first-order valence-electron chi connectivity index (χ1n) is 15.6. The van der Waals surface area contributed by atoms with Gasteiger partial charge in [0.05, 0.1) is 0 Å². The molecule has 9 rings (SSSR count). The first kappa shape index (κ1) is 26.5. The van der Waals surface area contributed by atoms with Gasteiger partial charge in [-0.2, -0.15) is 0 Å². The molecule has 2 heterocycles. The quantitative estimate of drug-likeness (QED) is 0.204. The number of nitrogens with zero attached hydrogens (tertiary/aromatic N) is 3. The predicted molar refractivity (Wildman–Crippen MR) is 186 cm³/mol. The zero-order chi connectivity index (χ0) is 30.8. The van der Waals surface area contributed by atoms with Gasteiger partial charge in [0.25, 0.3) is 0 Å². The van der Waals surface area contributed by atoms with E-state index in [1.165, 1.54) is 22.3 Å². The molecule has 0 fully saturated rings. The standard InChI is InChI=1S/C42H29N3O/c1-42(2)35-16-10-9-15-31(35)32-22-23-33-34-25-30(21-24-36(34)46-38(33)37(32)42)26-17-19-29(20-18-26)41-44-39(27-11-5-3-6-12-27)43-40(45-41)28-13-7-4-8-14-28/h3-25H,1-2H3. The molecule has 8 aromatic rings. The molecule has 46 heavy (non-hydrogen) atoms. The minimum atomic E-state index is -0.131. The number of hydrogen-bond acceptors (Lipinski definition) is 4. The van der Waals surface area contributed by atoms with E-state index in [9.17, 15) is 0 Å². The van der Waals surface area contributed by atoms with Gasteiger partial charge in [0.1, 0.15) is 11.2 Å². The zero-order valence-electron chi connectivity index (χ0n) is 25.5. The first-order valence-corrected chi connectivity index (χ1v) is 15.6. The highest BCUT2D eigenvalue weighted by Gasteiger charge is 2.38. The smallest absolute Gasteiger partial charge is 0.164 e. The fourth-order valence-electron chi connectivity index (χ4n) is 7.01. The molecule has 0 bridgehead atoms. The number of fused-ring (bicyclic) bond motifs is 7. The Morgan fingerprint density at radius 2 is 1.00 bits per heavy atom. The van der Waals surface area contributed by atoms with Crippen LogP contribution in [0.1, 0.15) is 25.0 Å². The Labute approximate surface area is 267 Å². The van der Waals surface area contributed by atoms with E-state index < -0.39 is 0 Å². The molecule has 1 aliphatic carbocycles. The fraction of sp³-hybridized carbons (Fsp3) is 0.0714. The summed E-state index contributed by atoms with van der Waals surface area (Å²) < 4.78 is 6.60. The lowest BCUT2D eigenvalue weighted by Gasteiger charge is -2.21. The number of rotatable bonds is 4. The van der Waals surface area contributed by atoms with Crippen molar-refractivity contribution in [1.82, 2.24) is 15.0 Å². The third-order valence-corrected chi connectivity index (χ3v) is 9.33. The van der Waals surface area contributed by atoms with Crippen LogP contribution in [0.3, 0.4) is 0 Å². The van der Waals surface area contributed by atoms with Crippen LogP contribution in [0.4, 0.5) is 0 Å². The molecule has 6 aromatic carbocycles. The number of hydrogen-bond donors (Lipinski definition) is 0. The molecular formula is C42H29N3O. The van der Waals surface area contributed by atoms with Crippen molar-refractivity contribution in [2.45, 2.75) is 19.3 Å². The van der Waals surface area contributed by atoms with E-state index in [-0.39, 0.29) is 5.41 Å². The Bertz CT molecular complexity index is 2370. The molecule has 0 saturated heterocycles. The maximum absolute atomic E-state index is 6.60. The average molecular weight is 592 g/mol. The van der Waals surface area contributed by atoms with Crippen LogP contribution >= 0.6 is 0 Å². The topological polar surface area (TPSA) is 51.8 Å². The van der Waals surface area contributed by atoms with Gasteiger partial charge in [-0.3, -0.25) is 0 Å². The van der Waals surface area contributed by atoms with Crippen molar-refractivity contribution in [3.63, 3.8) is 0 Å². The second-order valence-electron chi connectivity index (χ2n) is 12.5. The van der Waals surface area contributed by atoms with Gasteiger partial charge in [-0.1, -0.05) is 135 Å². The minimum absolute atomic E-state index is 0.131. The van der Waals surface area contributed by atoms with E-state index in [4.69, 9.17) is 19.4 Å². The molecule has 4 nitrogen and oxygen atoms in total. The highest BCUT2D eigenvalue weighted by Crippen LogP contribution is 2.52. The van der Waals surface area contributed by atoms with Crippen molar-refractivity contribution >= 4 is 21.9 Å². The molecule has 0 saturated carbocycles. The molecular weight excluding hydrogens is 562 g/mol. The summed E-state index contributed by atoms with van der Waals surface area (Å²) in [6.45, 7) is 4.60. The Kier molecular flexibility index (Phi) is 5.81. The van der Waals surface area contributed by atoms with Crippen LogP contribution in [0.25, 0.3) is 78.4 Å². The molecule has 0 atom stereocenters. The molecule has 1 aliphatic rings. The van der Waals surface area contributed by atoms with Gasteiger partial charge in [-0.05, 0) is 46.0 Å². The summed E-state index contributed by atoms with van der Waals surface area (Å²) in [5, 5.41) is 2.28. The largest absolute Gasteiger partial charge is 0.456 e. The molecule has 0 unspecified atom stereocenters. The highest BCUT2D eigenvalue weighted by atomic mass is 16.3. The van der Waals surface area contributed by atoms with Crippen LogP contribution in [0.2, 0.25) is 0 Å². The Balaban J connectivity index is 1.11. The van der Waals surface area contributed by atoms with Crippen molar-refractivity contribution in [2.24, 2.45) is 0 Å². The van der Waals surface area contributed by atoms with Gasteiger partial charge in [0.2, 0.25) is 0 Å². The van der Waals surface area contributed by atoms with Crippen LogP contribution in [-0.2, 0) is 5.41 Å². The minimum Gasteiger partial charge on any atom is -0.456 e. The molecule has 0 aliphatic heterocycles. The summed E-state index contributed by atoms with van der Waals surface area (Å²) >= 11 is 0. The lowest BCUT2D eigenvalue weighted by atomic mass is 9.82. The van der Waals surface area contributed by atoms with Gasteiger partial charge < -0.3 is 4.42 Å². The number of benzene rings is 6. The van der Waals surface area contributed by atoms with Crippen molar-refractivity contribution in [1.29, 1.82) is 0 Å². The Morgan fingerprint density at radius 3 is 1.65 bits per heavy atom. The highest BCUT2D eigenvalue weighted by molar-refractivity contribution is 6.10. The SMILES string of the molecule is CC1(C)c2ccccc2-c2ccc3c(oc4ccc(-c5ccc(-c6nc(-c7ccccc7)nc(-c7ccccc7)n6)cc5)cc43)c21. The molecule has 2 aromatic heterocycles. The number of aromatic nitrogens is 3. The van der Waals surface area contributed by atoms with Crippen LogP contribution in [0, 0.1) is 0 Å². The molecule has 218 valence electrons. The van der Waals surface area contributed by atoms with E-state index >= 15 is 0 Å². The number of furan rings is 1. The Morgan fingerprint density at radius 1 is 0.457 bits per heavy atom. The van der Waals surface area contributed by atoms with Gasteiger partial charge in [0, 0.05) is 38.4 Å². The molecule has 0 radical (unpaired) electrons. The lowest BCUT2D eigenvalue weighted by molar-refractivity contribution is 0.620. The third-order valence-electron chi connectivity index (χ3n) is 9.33. The summed E-state index contributed by atoms with van der Waals surface area (Å²) in [5.74, 6) is 1.96. The Hall–Kier alpha value is -5.87. The fourth-order valence-corrected chi connectivity index (χ4v) is 7.01. The second kappa shape index (κ2) is 10.1. The van der Waals surface area contributed by atoms with Crippen molar-refractivity contribution in [3.05, 3.63) is 151 Å². The maximum Gasteiger partial charge on any atom is 0.164 e. The summed E-state index contributed by atoms with van der Waals surface area (Å²) in [7, 11) is 0. The summed E-state index contributed by atoms with van der Waals surface area (Å²) in [6, 6.07) is 48.3. The van der Waals surface area contributed by atoms with Crippen LogP contribution in [0.15, 0.2) is 144 Å². The molecule has 0 amide bonds. The van der Waals surface area contributed by atoms with E-state index in [1.54, 1.807) is 0 Å². The van der Waals surface area contributed by atoms with Gasteiger partial charge >= 0.3 is 0 Å². The van der Waals surface area contributed by atoms with E-state index in [1.807, 2.05) is 60.7 Å². The van der Waals surface area contributed by atoms with Crippen molar-refractivity contribution in [3.8, 4) is 56.4 Å². The van der Waals surface area contributed by atoms with E-state index in [2.05, 4.69) is 92.7 Å². The van der Waals surface area contributed by atoms with Crippen molar-refractivity contribution in [2.75, 3.05) is 0 Å². The molecule has 4 heteroatoms. The van der Waals surface area contributed by atoms with Crippen molar-refractivity contribution < 1.29 is 4.42 Å². The van der Waals surface area contributed by atoms with E-state index in [0.717, 1.165) is 49.8 Å². The summed E-state index contributed by atoms with van der Waals surface area (Å²) in [5.41, 5.74) is 12.1. The van der Waals surface area contributed by atoms with Crippen LogP contribution < -0.4 is 0 Å². The third kappa shape index (κ3) is 4.11. The maximum atomic E-state index is 6.60. The summed E-state index contributed by atoms with van der Waals surface area (Å²) in [6.07, 6.45) is 0. The molecule has 0 N–H and O–H groups in total. The zero-order valence-corrected chi connectivity index (χ0v) is 25.5.